The van der Waals surface area contributed by atoms with Crippen LogP contribution in [0.2, 0.25) is 0 Å². The second-order valence-corrected chi connectivity index (χ2v) is 16.3. The average Bonchev–Trinajstić information content (AvgIpc) is 3.95. The Hall–Kier alpha value is -4.49. The number of hydrogen-bond acceptors (Lipinski definition) is 12. The summed E-state index contributed by atoms with van der Waals surface area (Å²) in [6.45, 7) is 1.93. The molecule has 0 aromatic carbocycles. The summed E-state index contributed by atoms with van der Waals surface area (Å²) in [5.41, 5.74) is 6.30. The molecule has 8 aromatic heterocycles. The summed E-state index contributed by atoms with van der Waals surface area (Å²) in [4.78, 5) is 34.3. The largest absolute Gasteiger partial charge is 0.397 e. The van der Waals surface area contributed by atoms with E-state index in [4.69, 9.17) is 10.4 Å². The van der Waals surface area contributed by atoms with Crippen molar-refractivity contribution in [3.63, 3.8) is 0 Å². The Labute approximate surface area is 391 Å². The number of rotatable bonds is 5. The zero-order valence-corrected chi connectivity index (χ0v) is 38.7. The van der Waals surface area contributed by atoms with E-state index in [1.54, 1.807) is 31.6 Å². The molecule has 3 N–H and O–H groups in total. The van der Waals surface area contributed by atoms with Gasteiger partial charge >= 0.3 is 0 Å². The monoisotopic (exact) mass is 1170 g/mol. The van der Waals surface area contributed by atoms with Crippen molar-refractivity contribution in [2.45, 2.75) is 21.8 Å². The summed E-state index contributed by atoms with van der Waals surface area (Å²) in [5, 5.41) is 29.6. The standard InChI is InChI=1S/2C12H7Br2N5.C11H5Br2N3.C2H6O.2CH4/c2*13-7-1-2-15-9(3-7)10-4-8(14)5-11(18-10)12-16-6-17-19-12;12-7-1-2-15-10(4-7)11-5-8(13)3-9(6-14)16-11;1-2-3;;/h2*1-6H,(H,16,17,19);1-5H;3H,2H2,1H3;2*1H4. The Bertz CT molecular complexity index is 2460. The first-order chi connectivity index (χ1) is 27.5. The van der Waals surface area contributed by atoms with Gasteiger partial charge in [0.05, 0.1) is 34.2 Å². The van der Waals surface area contributed by atoms with Crippen LogP contribution in [0.3, 0.4) is 0 Å². The van der Waals surface area contributed by atoms with Crippen LogP contribution in [0.4, 0.5) is 0 Å². The summed E-state index contributed by atoms with van der Waals surface area (Å²) in [6, 6.07) is 24.4. The molecule has 0 fully saturated rings. The maximum absolute atomic E-state index is 8.82. The zero-order valence-electron chi connectivity index (χ0n) is 29.2. The Morgan fingerprint density at radius 2 is 0.814 bits per heavy atom. The van der Waals surface area contributed by atoms with Crippen LogP contribution in [0.15, 0.2) is 131 Å². The fourth-order valence-electron chi connectivity index (χ4n) is 4.48. The maximum atomic E-state index is 8.82. The van der Waals surface area contributed by atoms with Crippen LogP contribution in [0.1, 0.15) is 27.5 Å². The van der Waals surface area contributed by atoms with E-state index in [-0.39, 0.29) is 21.5 Å². The highest BCUT2D eigenvalue weighted by atomic mass is 79.9. The predicted molar refractivity (Wildman–Crippen MR) is 250 cm³/mol. The van der Waals surface area contributed by atoms with Crippen molar-refractivity contribution in [1.82, 2.24) is 60.3 Å². The van der Waals surface area contributed by atoms with E-state index in [2.05, 4.69) is 156 Å². The van der Waals surface area contributed by atoms with Gasteiger partial charge in [-0.1, -0.05) is 110 Å². The Morgan fingerprint density at radius 1 is 0.492 bits per heavy atom. The lowest BCUT2D eigenvalue weighted by Gasteiger charge is -2.04. The van der Waals surface area contributed by atoms with Crippen LogP contribution < -0.4 is 0 Å². The maximum Gasteiger partial charge on any atom is 0.174 e. The first-order valence-electron chi connectivity index (χ1n) is 16.2. The number of nitrogens with one attached hydrogen (secondary N) is 2. The van der Waals surface area contributed by atoms with Gasteiger partial charge in [0.15, 0.2) is 11.6 Å². The van der Waals surface area contributed by atoms with Crippen LogP contribution in [0.5, 0.6) is 0 Å². The lowest BCUT2D eigenvalue weighted by molar-refractivity contribution is 0.318. The number of aromatic nitrogens is 12. The van der Waals surface area contributed by atoms with E-state index in [9.17, 15) is 0 Å². The molecule has 0 aliphatic carbocycles. The molecule has 0 radical (unpaired) electrons. The van der Waals surface area contributed by atoms with Crippen LogP contribution in [0, 0.1) is 11.3 Å². The number of aromatic amines is 2. The van der Waals surface area contributed by atoms with Gasteiger partial charge < -0.3 is 5.11 Å². The lowest BCUT2D eigenvalue weighted by atomic mass is 10.2. The smallest absolute Gasteiger partial charge is 0.174 e. The number of nitrogens with zero attached hydrogens (tertiary/aromatic N) is 11. The van der Waals surface area contributed by atoms with Crippen molar-refractivity contribution < 1.29 is 5.11 Å². The third-order valence-corrected chi connectivity index (χ3v) is 9.61. The minimum atomic E-state index is 0. The van der Waals surface area contributed by atoms with Crippen molar-refractivity contribution in [3.8, 4) is 63.3 Å². The molecular formula is C39H33Br6N13O. The third-order valence-electron chi connectivity index (χ3n) is 6.75. The first-order valence-corrected chi connectivity index (χ1v) is 20.9. The molecule has 0 aliphatic heterocycles. The number of aliphatic hydroxyl groups is 1. The van der Waals surface area contributed by atoms with Crippen LogP contribution in [-0.2, 0) is 0 Å². The molecule has 0 saturated carbocycles. The molecule has 14 nitrogen and oxygen atoms in total. The summed E-state index contributed by atoms with van der Waals surface area (Å²) in [7, 11) is 0. The highest BCUT2D eigenvalue weighted by Gasteiger charge is 2.11. The molecule has 8 aromatic rings. The molecule has 59 heavy (non-hydrogen) atoms. The summed E-state index contributed by atoms with van der Waals surface area (Å²) < 4.78 is 5.48. The van der Waals surface area contributed by atoms with E-state index < -0.39 is 0 Å². The fraction of sp³-hybridized carbons (Fsp3) is 0.103. The van der Waals surface area contributed by atoms with Crippen molar-refractivity contribution in [3.05, 3.63) is 137 Å². The summed E-state index contributed by atoms with van der Waals surface area (Å²) in [6.07, 6.45) is 8.06. The highest BCUT2D eigenvalue weighted by molar-refractivity contribution is 9.11. The van der Waals surface area contributed by atoms with Crippen LogP contribution in [-0.4, -0.2) is 72.0 Å². The SMILES string of the molecule is Brc1ccnc(-c2cc(Br)cc(-c3ncn[nH]3)n2)c1.Brc1ccnc(-c2cc(Br)cc(-c3ncn[nH]3)n2)c1.C.C.CCO.N#Cc1cc(Br)cc(-c2cc(Br)ccn2)n1. The molecule has 8 rings (SSSR count). The normalized spacial score (nSPS) is 9.81. The predicted octanol–water partition coefficient (Wildman–Crippen LogP) is 11.7. The summed E-state index contributed by atoms with van der Waals surface area (Å²) in [5.74, 6) is 1.25. The topological polar surface area (TPSA) is 204 Å². The van der Waals surface area contributed by atoms with Crippen molar-refractivity contribution in [1.29, 1.82) is 5.26 Å². The molecule has 0 atom stereocenters. The molecule has 0 bridgehead atoms. The van der Waals surface area contributed by atoms with E-state index in [0.717, 1.165) is 55.3 Å². The van der Waals surface area contributed by atoms with Gasteiger partial charge in [0.25, 0.3) is 0 Å². The molecule has 20 heteroatoms. The van der Waals surface area contributed by atoms with E-state index in [1.807, 2.05) is 72.8 Å². The number of nitriles is 1. The second kappa shape index (κ2) is 24.6. The highest BCUT2D eigenvalue weighted by Crippen LogP contribution is 2.28. The van der Waals surface area contributed by atoms with Crippen molar-refractivity contribution >= 4 is 95.6 Å². The number of aliphatic hydroxyl groups excluding tert-OH is 1. The quantitative estimate of drug-likeness (QED) is 0.147. The van der Waals surface area contributed by atoms with Gasteiger partial charge in [-0.2, -0.15) is 15.5 Å². The van der Waals surface area contributed by atoms with Crippen molar-refractivity contribution in [2.24, 2.45) is 0 Å². The fourth-order valence-corrected chi connectivity index (χ4v) is 6.78. The van der Waals surface area contributed by atoms with E-state index in [1.165, 1.54) is 12.7 Å². The van der Waals surface area contributed by atoms with Gasteiger partial charge in [-0.05, 0) is 79.7 Å². The Kier molecular flexibility index (Phi) is 20.3. The number of halogens is 6. The Balaban J connectivity index is 0.000000226. The molecule has 0 amide bonds. The number of pyridine rings is 6. The Morgan fingerprint density at radius 3 is 1.14 bits per heavy atom. The van der Waals surface area contributed by atoms with Crippen LogP contribution in [0.25, 0.3) is 57.2 Å². The number of hydrogen-bond donors (Lipinski definition) is 3. The van der Waals surface area contributed by atoms with Gasteiger partial charge in [-0.3, -0.25) is 25.1 Å². The molecule has 302 valence electrons. The minimum Gasteiger partial charge on any atom is -0.397 e. The first kappa shape index (κ1) is 48.9. The van der Waals surface area contributed by atoms with E-state index in [0.29, 0.717) is 34.4 Å². The molecule has 0 saturated heterocycles. The zero-order chi connectivity index (χ0) is 40.7. The molecular weight excluding hydrogens is 1150 g/mol. The average molecular weight is 1180 g/mol. The van der Waals surface area contributed by atoms with Gasteiger partial charge in [-0.15, -0.1) is 0 Å². The molecule has 0 aliphatic rings. The third kappa shape index (κ3) is 14.9. The van der Waals surface area contributed by atoms with Gasteiger partial charge in [0, 0.05) is 52.0 Å². The second-order valence-electron chi connectivity index (χ2n) is 10.8. The van der Waals surface area contributed by atoms with Gasteiger partial charge in [0.1, 0.15) is 35.8 Å². The van der Waals surface area contributed by atoms with E-state index >= 15 is 0 Å². The number of H-pyrrole nitrogens is 2. The minimum absolute atomic E-state index is 0. The van der Waals surface area contributed by atoms with Crippen molar-refractivity contribution in [2.75, 3.05) is 6.61 Å². The molecule has 8 heterocycles. The summed E-state index contributed by atoms with van der Waals surface area (Å²) >= 11 is 20.5. The van der Waals surface area contributed by atoms with Crippen LogP contribution >= 0.6 is 95.6 Å². The molecule has 0 unspecified atom stereocenters. The van der Waals surface area contributed by atoms with Gasteiger partial charge in [-0.25, -0.2) is 24.9 Å². The molecule has 0 spiro atoms. The van der Waals surface area contributed by atoms with Gasteiger partial charge in [0.2, 0.25) is 0 Å². The lowest BCUT2D eigenvalue weighted by Crippen LogP contribution is -1.92.